The van der Waals surface area contributed by atoms with Crippen molar-refractivity contribution >= 4 is 40.4 Å². The third-order valence-electron chi connectivity index (χ3n) is 12.0. The molecule has 11 heteroatoms. The zero-order chi connectivity index (χ0) is 36.3. The highest BCUT2D eigenvalue weighted by molar-refractivity contribution is 6.29. The lowest BCUT2D eigenvalue weighted by atomic mass is 9.63. The summed E-state index contributed by atoms with van der Waals surface area (Å²) in [6.07, 6.45) is 16.7. The molecule has 268 valence electrons. The Morgan fingerprint density at radius 3 is 1.51 bits per heavy atom. The average Bonchev–Trinajstić information content (AvgIpc) is 3.10. The van der Waals surface area contributed by atoms with E-state index in [9.17, 15) is 20.1 Å². The molecule has 0 aromatic carbocycles. The molecule has 0 atom stereocenters. The predicted octanol–water partition coefficient (Wildman–Crippen LogP) is 5.97. The Labute approximate surface area is 307 Å². The maximum atomic E-state index is 12.5. The fourth-order valence-electron chi connectivity index (χ4n) is 8.60. The first-order chi connectivity index (χ1) is 24.6. The molecule has 0 amide bonds. The number of pyridine rings is 2. The van der Waals surface area contributed by atoms with Crippen LogP contribution in [-0.2, 0) is 22.4 Å². The number of rotatable bonds is 3. The standard InChI is InChI=1S/C20H24N4O.C18H18ClN3O.C2H7N/c1-23(2)18-11-15-14(13-22-18)10-17(25)16(12-21)19(15)24-8-6-20(7-9-24)4-3-5-20;19-16-9-13-12(11-21-16)8-15(23)14(10-20)17(13)22-6-4-18(5-7-22)2-1-3-18;1-3-2/h11,13H,3-10H2,1-2H3;9,11H,1-8H2;3H,1-2H3. The van der Waals surface area contributed by atoms with E-state index in [1.165, 1.54) is 51.4 Å². The molecule has 2 saturated carbocycles. The molecule has 6 aliphatic rings. The lowest BCUT2D eigenvalue weighted by molar-refractivity contribution is -0.115. The van der Waals surface area contributed by atoms with Gasteiger partial charge in [0.1, 0.15) is 34.3 Å². The van der Waals surface area contributed by atoms with E-state index < -0.39 is 0 Å². The van der Waals surface area contributed by atoms with Crippen LogP contribution in [0, 0.1) is 33.5 Å². The van der Waals surface area contributed by atoms with Crippen LogP contribution < -0.4 is 10.2 Å². The molecule has 2 aromatic heterocycles. The number of nitriles is 2. The Morgan fingerprint density at radius 1 is 0.725 bits per heavy atom. The maximum absolute atomic E-state index is 12.5. The second-order valence-electron chi connectivity index (χ2n) is 15.3. The molecular weight excluding hydrogens is 660 g/mol. The van der Waals surface area contributed by atoms with E-state index in [0.29, 0.717) is 21.6 Å². The van der Waals surface area contributed by atoms with Crippen LogP contribution in [0.2, 0.25) is 5.15 Å². The van der Waals surface area contributed by atoms with Gasteiger partial charge in [0.25, 0.3) is 0 Å². The molecular formula is C40H49ClN8O2. The van der Waals surface area contributed by atoms with Crippen molar-refractivity contribution < 1.29 is 9.59 Å². The van der Waals surface area contributed by atoms with Crippen molar-refractivity contribution in [2.75, 3.05) is 59.3 Å². The number of halogens is 1. The van der Waals surface area contributed by atoms with Crippen molar-refractivity contribution in [1.82, 2.24) is 25.1 Å². The lowest BCUT2D eigenvalue weighted by Crippen LogP contribution is -2.43. The van der Waals surface area contributed by atoms with Crippen molar-refractivity contribution in [3.63, 3.8) is 0 Å². The summed E-state index contributed by atoms with van der Waals surface area (Å²) in [6, 6.07) is 8.15. The third kappa shape index (κ3) is 7.27. The number of hydrogen-bond donors (Lipinski definition) is 1. The van der Waals surface area contributed by atoms with Crippen LogP contribution >= 0.6 is 11.6 Å². The number of nitrogens with one attached hydrogen (secondary N) is 1. The highest BCUT2D eigenvalue weighted by Crippen LogP contribution is 2.51. The zero-order valence-corrected chi connectivity index (χ0v) is 31.2. The largest absolute Gasteiger partial charge is 0.370 e. The second-order valence-corrected chi connectivity index (χ2v) is 15.7. The van der Waals surface area contributed by atoms with E-state index in [-0.39, 0.29) is 30.0 Å². The number of hydrogen-bond acceptors (Lipinski definition) is 10. The molecule has 4 heterocycles. The summed E-state index contributed by atoms with van der Waals surface area (Å²) in [7, 11) is 7.66. The Morgan fingerprint density at radius 2 is 1.14 bits per heavy atom. The van der Waals surface area contributed by atoms with Gasteiger partial charge in [0, 0.05) is 76.6 Å². The van der Waals surface area contributed by atoms with Crippen LogP contribution in [0.25, 0.3) is 11.4 Å². The molecule has 10 nitrogen and oxygen atoms in total. The number of carbonyl (C=O) groups excluding carboxylic acids is 2. The molecule has 4 fully saturated rings. The normalized spacial score (nSPS) is 21.2. The van der Waals surface area contributed by atoms with Crippen LogP contribution in [0.4, 0.5) is 5.82 Å². The van der Waals surface area contributed by atoms with Gasteiger partial charge < -0.3 is 20.0 Å². The fraction of sp³-hybridized carbons (Fsp3) is 0.550. The molecule has 0 radical (unpaired) electrons. The smallest absolute Gasteiger partial charge is 0.179 e. The van der Waals surface area contributed by atoms with Crippen LogP contribution in [0.5, 0.6) is 0 Å². The van der Waals surface area contributed by atoms with E-state index >= 15 is 0 Å². The fourth-order valence-corrected chi connectivity index (χ4v) is 8.76. The number of likely N-dealkylation sites (tertiary alicyclic amines) is 2. The summed E-state index contributed by atoms with van der Waals surface area (Å²) in [5.41, 5.74) is 7.03. The molecule has 2 aromatic rings. The van der Waals surface area contributed by atoms with E-state index in [1.807, 2.05) is 39.2 Å². The molecule has 4 aliphatic carbocycles. The summed E-state index contributed by atoms with van der Waals surface area (Å²) in [4.78, 5) is 39.9. The number of piperidine rings is 2. The van der Waals surface area contributed by atoms with Crippen molar-refractivity contribution in [3.05, 3.63) is 63.1 Å². The van der Waals surface area contributed by atoms with Gasteiger partial charge in [0.2, 0.25) is 0 Å². The topological polar surface area (TPSA) is 129 Å². The van der Waals surface area contributed by atoms with Gasteiger partial charge in [0.05, 0.1) is 11.4 Å². The highest BCUT2D eigenvalue weighted by atomic mass is 35.5. The highest BCUT2D eigenvalue weighted by Gasteiger charge is 2.43. The summed E-state index contributed by atoms with van der Waals surface area (Å²) in [6.45, 7) is 3.69. The van der Waals surface area contributed by atoms with Gasteiger partial charge in [-0.2, -0.15) is 10.5 Å². The second kappa shape index (κ2) is 15.2. The first-order valence-corrected chi connectivity index (χ1v) is 18.7. The van der Waals surface area contributed by atoms with Gasteiger partial charge in [-0.05, 0) is 99.6 Å². The molecule has 51 heavy (non-hydrogen) atoms. The van der Waals surface area contributed by atoms with Gasteiger partial charge >= 0.3 is 0 Å². The maximum Gasteiger partial charge on any atom is 0.179 e. The Bertz CT molecular complexity index is 1820. The number of Topliss-reactive ketones (excluding diaryl/α,β-unsaturated/α-hetero) is 2. The number of anilines is 1. The monoisotopic (exact) mass is 708 g/mol. The number of allylic oxidation sites excluding steroid dienone is 2. The molecule has 2 aliphatic heterocycles. The van der Waals surface area contributed by atoms with Crippen LogP contribution in [-0.4, -0.2) is 85.7 Å². The summed E-state index contributed by atoms with van der Waals surface area (Å²) in [5.74, 6) is 0.673. The van der Waals surface area contributed by atoms with Gasteiger partial charge in [-0.25, -0.2) is 9.97 Å². The number of carbonyl (C=O) groups is 2. The average molecular weight is 709 g/mol. The van der Waals surface area contributed by atoms with Crippen LogP contribution in [0.3, 0.4) is 0 Å². The molecule has 1 N–H and O–H groups in total. The zero-order valence-electron chi connectivity index (χ0n) is 30.4. The quantitative estimate of drug-likeness (QED) is 0.381. The van der Waals surface area contributed by atoms with Crippen molar-refractivity contribution in [3.8, 4) is 12.1 Å². The third-order valence-corrected chi connectivity index (χ3v) is 12.2. The van der Waals surface area contributed by atoms with Gasteiger partial charge in [-0.15, -0.1) is 0 Å². The van der Waals surface area contributed by atoms with Crippen LogP contribution in [0.15, 0.2) is 35.7 Å². The Balaban J connectivity index is 0.000000164. The number of aromatic nitrogens is 2. The number of nitrogens with zero attached hydrogens (tertiary/aromatic N) is 7. The van der Waals surface area contributed by atoms with E-state index in [4.69, 9.17) is 11.6 Å². The molecule has 2 saturated heterocycles. The van der Waals surface area contributed by atoms with Crippen molar-refractivity contribution in [2.45, 2.75) is 77.0 Å². The SMILES string of the molecule is CN(C)c1cc2c(cn1)CC(=O)C(C#N)=C2N1CCC2(CCC2)CC1.CNC.N#CC1=C(N2CCC3(CCC3)CC2)c2cc(Cl)ncc2CC1=O. The molecule has 0 unspecified atom stereocenters. The Hall–Kier alpha value is -4.25. The predicted molar refractivity (Wildman–Crippen MR) is 199 cm³/mol. The molecule has 0 bridgehead atoms. The molecule has 2 spiro atoms. The summed E-state index contributed by atoms with van der Waals surface area (Å²) >= 11 is 6.07. The van der Waals surface area contributed by atoms with Crippen molar-refractivity contribution in [2.24, 2.45) is 10.8 Å². The van der Waals surface area contributed by atoms with Gasteiger partial charge in [0.15, 0.2) is 11.6 Å². The number of fused-ring (bicyclic) bond motifs is 2. The minimum atomic E-state index is -0.108. The Kier molecular flexibility index (Phi) is 10.9. The minimum absolute atomic E-state index is 0.0756. The van der Waals surface area contributed by atoms with Crippen molar-refractivity contribution in [1.29, 1.82) is 10.5 Å². The first-order valence-electron chi connectivity index (χ1n) is 18.3. The minimum Gasteiger partial charge on any atom is -0.370 e. The summed E-state index contributed by atoms with van der Waals surface area (Å²) in [5, 5.41) is 22.3. The molecule has 8 rings (SSSR count). The van der Waals surface area contributed by atoms with Crippen LogP contribution in [0.1, 0.15) is 86.5 Å². The first kappa shape index (κ1) is 36.5. The van der Waals surface area contributed by atoms with E-state index in [1.54, 1.807) is 18.5 Å². The lowest BCUT2D eigenvalue weighted by Gasteiger charge is -2.49. The van der Waals surface area contributed by atoms with E-state index in [2.05, 4.69) is 37.2 Å². The van der Waals surface area contributed by atoms with Gasteiger partial charge in [-0.3, -0.25) is 9.59 Å². The number of ketones is 2. The van der Waals surface area contributed by atoms with Gasteiger partial charge in [-0.1, -0.05) is 24.4 Å². The van der Waals surface area contributed by atoms with E-state index in [0.717, 1.165) is 78.5 Å². The summed E-state index contributed by atoms with van der Waals surface area (Å²) < 4.78 is 0.